The van der Waals surface area contributed by atoms with Crippen LogP contribution in [-0.4, -0.2) is 15.0 Å². The van der Waals surface area contributed by atoms with Gasteiger partial charge in [0.15, 0.2) is 17.5 Å². The maximum atomic E-state index is 6.53. The van der Waals surface area contributed by atoms with Crippen molar-refractivity contribution in [3.8, 4) is 56.4 Å². The Morgan fingerprint density at radius 1 is 0.396 bits per heavy atom. The number of aromatic nitrogens is 3. The Hall–Kier alpha value is -6.85. The maximum absolute atomic E-state index is 6.53. The molecular weight excluding hydrogens is 651 g/mol. The predicted molar refractivity (Wildman–Crippen MR) is 214 cm³/mol. The van der Waals surface area contributed by atoms with Crippen molar-refractivity contribution in [3.63, 3.8) is 0 Å². The average Bonchev–Trinajstić information content (AvgIpc) is 3.85. The summed E-state index contributed by atoms with van der Waals surface area (Å²) in [6.45, 7) is 4.67. The van der Waals surface area contributed by atoms with E-state index in [9.17, 15) is 0 Å². The molecule has 1 aliphatic carbocycles. The molecule has 0 spiro atoms. The van der Waals surface area contributed by atoms with Gasteiger partial charge in [0.1, 0.15) is 22.3 Å². The lowest BCUT2D eigenvalue weighted by molar-refractivity contribution is 0.662. The summed E-state index contributed by atoms with van der Waals surface area (Å²) < 4.78 is 12.8. The van der Waals surface area contributed by atoms with Crippen molar-refractivity contribution in [1.82, 2.24) is 15.0 Å². The summed E-state index contributed by atoms with van der Waals surface area (Å²) in [7, 11) is 0. The summed E-state index contributed by atoms with van der Waals surface area (Å²) in [6, 6.07) is 52.4. The monoisotopic (exact) mass is 681 g/mol. The minimum atomic E-state index is -0.139. The van der Waals surface area contributed by atoms with Gasteiger partial charge in [0, 0.05) is 43.7 Å². The lowest BCUT2D eigenvalue weighted by Gasteiger charge is -2.24. The van der Waals surface area contributed by atoms with Gasteiger partial charge in [-0.05, 0) is 63.7 Å². The van der Waals surface area contributed by atoms with Crippen LogP contribution in [0.25, 0.3) is 100 Å². The van der Waals surface area contributed by atoms with Crippen molar-refractivity contribution in [3.05, 3.63) is 163 Å². The number of furan rings is 2. The van der Waals surface area contributed by atoms with Crippen molar-refractivity contribution < 1.29 is 8.83 Å². The molecule has 3 aromatic heterocycles. The van der Waals surface area contributed by atoms with E-state index in [1.807, 2.05) is 72.8 Å². The minimum absolute atomic E-state index is 0.139. The fraction of sp³-hybridized carbons (Fsp3) is 0.0625. The van der Waals surface area contributed by atoms with Crippen LogP contribution in [0.4, 0.5) is 0 Å². The molecule has 5 heteroatoms. The van der Waals surface area contributed by atoms with E-state index < -0.39 is 0 Å². The molecule has 0 fully saturated rings. The van der Waals surface area contributed by atoms with Gasteiger partial charge >= 0.3 is 0 Å². The van der Waals surface area contributed by atoms with Crippen LogP contribution in [0.5, 0.6) is 0 Å². The van der Waals surface area contributed by atoms with E-state index in [0.717, 1.165) is 66.1 Å². The van der Waals surface area contributed by atoms with Gasteiger partial charge in [0.05, 0.1) is 0 Å². The topological polar surface area (TPSA) is 65.0 Å². The number of fused-ring (bicyclic) bond motifs is 9. The molecule has 0 radical (unpaired) electrons. The van der Waals surface area contributed by atoms with E-state index in [4.69, 9.17) is 23.8 Å². The van der Waals surface area contributed by atoms with Crippen LogP contribution in [0.1, 0.15) is 25.0 Å². The average molecular weight is 682 g/mol. The van der Waals surface area contributed by atoms with Crippen LogP contribution in [0.2, 0.25) is 0 Å². The zero-order valence-electron chi connectivity index (χ0n) is 29.1. The summed E-state index contributed by atoms with van der Waals surface area (Å²) in [5.74, 6) is 1.76. The molecule has 0 bridgehead atoms. The van der Waals surface area contributed by atoms with E-state index in [2.05, 4.69) is 92.7 Å². The molecule has 53 heavy (non-hydrogen) atoms. The molecule has 0 aliphatic heterocycles. The Balaban J connectivity index is 1.15. The molecule has 0 saturated carbocycles. The third-order valence-corrected chi connectivity index (χ3v) is 10.9. The number of hydrogen-bond acceptors (Lipinski definition) is 5. The molecule has 3 heterocycles. The Morgan fingerprint density at radius 3 is 1.72 bits per heavy atom. The highest BCUT2D eigenvalue weighted by Crippen LogP contribution is 2.52. The first kappa shape index (κ1) is 29.8. The van der Waals surface area contributed by atoms with Gasteiger partial charge in [0.2, 0.25) is 0 Å². The summed E-state index contributed by atoms with van der Waals surface area (Å²) in [5, 5.41) is 4.00. The Bertz CT molecular complexity index is 3100. The smallest absolute Gasteiger partial charge is 0.164 e. The van der Waals surface area contributed by atoms with E-state index in [1.165, 1.54) is 27.8 Å². The fourth-order valence-corrected chi connectivity index (χ4v) is 8.56. The molecule has 10 aromatic rings. The molecule has 0 atom stereocenters. The van der Waals surface area contributed by atoms with Gasteiger partial charge < -0.3 is 8.83 Å². The highest BCUT2D eigenvalue weighted by atomic mass is 16.3. The van der Waals surface area contributed by atoms with Crippen LogP contribution in [0, 0.1) is 0 Å². The van der Waals surface area contributed by atoms with E-state index in [-0.39, 0.29) is 5.41 Å². The number of nitrogens with zero attached hydrogens (tertiary/aromatic N) is 3. The molecule has 11 rings (SSSR count). The second-order valence-corrected chi connectivity index (χ2v) is 14.3. The van der Waals surface area contributed by atoms with E-state index >= 15 is 0 Å². The number of hydrogen-bond donors (Lipinski definition) is 0. The largest absolute Gasteiger partial charge is 0.456 e. The number of para-hydroxylation sites is 1. The highest BCUT2D eigenvalue weighted by molar-refractivity contribution is 6.14. The first-order chi connectivity index (χ1) is 26.0. The van der Waals surface area contributed by atoms with Crippen molar-refractivity contribution in [2.45, 2.75) is 19.3 Å². The minimum Gasteiger partial charge on any atom is -0.456 e. The summed E-state index contributed by atoms with van der Waals surface area (Å²) in [4.78, 5) is 15.5. The van der Waals surface area contributed by atoms with Gasteiger partial charge in [-0.1, -0.05) is 135 Å². The van der Waals surface area contributed by atoms with Gasteiger partial charge in [-0.25, -0.2) is 15.0 Å². The van der Waals surface area contributed by atoms with Crippen LogP contribution in [-0.2, 0) is 5.41 Å². The van der Waals surface area contributed by atoms with Gasteiger partial charge in [0.25, 0.3) is 0 Å². The first-order valence-corrected chi connectivity index (χ1v) is 17.9. The van der Waals surface area contributed by atoms with Gasteiger partial charge in [-0.2, -0.15) is 0 Å². The van der Waals surface area contributed by atoms with Crippen LogP contribution in [0.3, 0.4) is 0 Å². The van der Waals surface area contributed by atoms with Crippen molar-refractivity contribution in [1.29, 1.82) is 0 Å². The molecule has 7 aromatic carbocycles. The molecule has 0 saturated heterocycles. The fourth-order valence-electron chi connectivity index (χ4n) is 8.56. The third-order valence-electron chi connectivity index (χ3n) is 10.9. The SMILES string of the molecule is CC1(C)c2ccccc2-c2cccc(-c3ccc4oc5cccc(-c6nc(-c7ccccc7)nc(-c7cccc8oc9ccccc9c78)n6)c5c4c3)c21. The molecular formula is C48H31N3O2. The van der Waals surface area contributed by atoms with E-state index in [1.54, 1.807) is 0 Å². The second kappa shape index (κ2) is 11.1. The molecule has 1 aliphatic rings. The standard InChI is InChI=1S/C48H31N3O2/c1-48(2)37-21-8-6-15-31(37)32-18-10-17-30(44(32)48)29-25-26-39-36(27-29)43-35(20-12-24-41(43)53-39)47-50-45(28-13-4-3-5-14-28)49-46(51-47)34-19-11-23-40-42(34)33-16-7-9-22-38(33)52-40/h3-27H,1-2H3. The second-order valence-electron chi connectivity index (χ2n) is 14.3. The molecule has 0 unspecified atom stereocenters. The van der Waals surface area contributed by atoms with Crippen molar-refractivity contribution in [2.24, 2.45) is 0 Å². The number of rotatable bonds is 4. The zero-order valence-corrected chi connectivity index (χ0v) is 29.1. The molecule has 0 amide bonds. The lowest BCUT2D eigenvalue weighted by atomic mass is 9.79. The maximum Gasteiger partial charge on any atom is 0.164 e. The van der Waals surface area contributed by atoms with Crippen LogP contribution < -0.4 is 0 Å². The molecule has 250 valence electrons. The third kappa shape index (κ3) is 4.40. The summed E-state index contributed by atoms with van der Waals surface area (Å²) in [5.41, 5.74) is 13.5. The van der Waals surface area contributed by atoms with Crippen LogP contribution >= 0.6 is 0 Å². The summed E-state index contributed by atoms with van der Waals surface area (Å²) in [6.07, 6.45) is 0. The zero-order chi connectivity index (χ0) is 35.3. The number of benzene rings is 7. The van der Waals surface area contributed by atoms with Gasteiger partial charge in [-0.15, -0.1) is 0 Å². The highest BCUT2D eigenvalue weighted by Gasteiger charge is 2.37. The Labute approximate surface area is 305 Å². The Kier molecular flexibility index (Phi) is 6.23. The van der Waals surface area contributed by atoms with Crippen molar-refractivity contribution >= 4 is 43.9 Å². The Morgan fingerprint density at radius 2 is 0.943 bits per heavy atom. The molecule has 0 N–H and O–H groups in total. The molecule has 5 nitrogen and oxygen atoms in total. The first-order valence-electron chi connectivity index (χ1n) is 17.9. The van der Waals surface area contributed by atoms with Crippen molar-refractivity contribution in [2.75, 3.05) is 0 Å². The summed E-state index contributed by atoms with van der Waals surface area (Å²) >= 11 is 0. The van der Waals surface area contributed by atoms with Gasteiger partial charge in [-0.3, -0.25) is 0 Å². The van der Waals surface area contributed by atoms with Crippen LogP contribution in [0.15, 0.2) is 160 Å². The quantitative estimate of drug-likeness (QED) is 0.185. The lowest BCUT2D eigenvalue weighted by Crippen LogP contribution is -2.16. The normalized spacial score (nSPS) is 13.2. The predicted octanol–water partition coefficient (Wildman–Crippen LogP) is 12.6. The van der Waals surface area contributed by atoms with E-state index in [0.29, 0.717) is 17.5 Å².